The van der Waals surface area contributed by atoms with Gasteiger partial charge in [-0.1, -0.05) is 34.6 Å². The summed E-state index contributed by atoms with van der Waals surface area (Å²) in [5.41, 5.74) is 0.389. The molecule has 0 aromatic heterocycles. The zero-order valence-corrected chi connectivity index (χ0v) is 9.92. The summed E-state index contributed by atoms with van der Waals surface area (Å²) in [4.78, 5) is 0. The second kappa shape index (κ2) is 3.61. The van der Waals surface area contributed by atoms with Gasteiger partial charge in [0.05, 0.1) is 12.7 Å². The number of rotatable bonds is 1. The maximum Gasteiger partial charge on any atom is 0.0581 e. The van der Waals surface area contributed by atoms with Gasteiger partial charge in [-0.2, -0.15) is 0 Å². The molecule has 0 bridgehead atoms. The number of hydrogen-bond donors (Lipinski definition) is 0. The molecule has 1 heteroatoms. The van der Waals surface area contributed by atoms with Gasteiger partial charge in [-0.05, 0) is 30.1 Å². The van der Waals surface area contributed by atoms with Gasteiger partial charge in [0.25, 0.3) is 0 Å². The largest absolute Gasteiger partial charge is 0.378 e. The van der Waals surface area contributed by atoms with Gasteiger partial charge in [0.15, 0.2) is 0 Å². The average Bonchev–Trinajstić information content (AvgIpc) is 2.28. The van der Waals surface area contributed by atoms with Crippen LogP contribution in [0.15, 0.2) is 0 Å². The predicted octanol–water partition coefficient (Wildman–Crippen LogP) is 3.34. The van der Waals surface area contributed by atoms with Crippen LogP contribution < -0.4 is 0 Å². The van der Waals surface area contributed by atoms with Crippen LogP contribution in [0.5, 0.6) is 0 Å². The van der Waals surface area contributed by atoms with Gasteiger partial charge < -0.3 is 4.74 Å². The first-order chi connectivity index (χ1) is 5.84. The maximum absolute atomic E-state index is 5.77. The standard InChI is InChI=1S/C12H24O/c1-8(2)11-9(3)13-7-10(11)12(4,5)6/h8-11H,7H2,1-6H3. The fourth-order valence-electron chi connectivity index (χ4n) is 2.64. The fourth-order valence-corrected chi connectivity index (χ4v) is 2.64. The third kappa shape index (κ3) is 2.25. The topological polar surface area (TPSA) is 9.23 Å². The van der Waals surface area contributed by atoms with E-state index in [0.29, 0.717) is 11.5 Å². The zero-order valence-electron chi connectivity index (χ0n) is 9.92. The van der Waals surface area contributed by atoms with Crippen molar-refractivity contribution in [2.24, 2.45) is 23.2 Å². The van der Waals surface area contributed by atoms with E-state index in [4.69, 9.17) is 4.74 Å². The summed E-state index contributed by atoms with van der Waals surface area (Å²) in [6.45, 7) is 14.8. The summed E-state index contributed by atoms with van der Waals surface area (Å²) in [6, 6.07) is 0. The highest BCUT2D eigenvalue weighted by Gasteiger charge is 2.42. The molecular weight excluding hydrogens is 160 g/mol. The highest BCUT2D eigenvalue weighted by atomic mass is 16.5. The van der Waals surface area contributed by atoms with Crippen LogP contribution in [0.4, 0.5) is 0 Å². The molecular formula is C12H24O. The van der Waals surface area contributed by atoms with Crippen molar-refractivity contribution < 1.29 is 4.74 Å². The Kier molecular flexibility index (Phi) is 3.06. The third-order valence-corrected chi connectivity index (χ3v) is 3.43. The molecule has 0 aromatic rings. The van der Waals surface area contributed by atoms with E-state index in [0.717, 1.165) is 24.4 Å². The van der Waals surface area contributed by atoms with E-state index in [2.05, 4.69) is 41.5 Å². The fraction of sp³-hybridized carbons (Fsp3) is 1.00. The van der Waals surface area contributed by atoms with E-state index in [-0.39, 0.29) is 0 Å². The first kappa shape index (κ1) is 11.0. The Morgan fingerprint density at radius 1 is 1.23 bits per heavy atom. The predicted molar refractivity (Wildman–Crippen MR) is 56.7 cm³/mol. The minimum atomic E-state index is 0.389. The van der Waals surface area contributed by atoms with Crippen molar-refractivity contribution in [2.75, 3.05) is 6.61 Å². The normalized spacial score (nSPS) is 35.8. The Morgan fingerprint density at radius 2 is 1.77 bits per heavy atom. The molecule has 3 atom stereocenters. The smallest absolute Gasteiger partial charge is 0.0581 e. The molecule has 0 spiro atoms. The monoisotopic (exact) mass is 184 g/mol. The van der Waals surface area contributed by atoms with Crippen LogP contribution in [0.3, 0.4) is 0 Å². The minimum absolute atomic E-state index is 0.389. The first-order valence-electron chi connectivity index (χ1n) is 5.45. The number of ether oxygens (including phenoxy) is 1. The summed E-state index contributed by atoms with van der Waals surface area (Å²) >= 11 is 0. The molecule has 0 N–H and O–H groups in total. The summed E-state index contributed by atoms with van der Waals surface area (Å²) in [5, 5.41) is 0. The third-order valence-electron chi connectivity index (χ3n) is 3.43. The van der Waals surface area contributed by atoms with Crippen molar-refractivity contribution in [3.05, 3.63) is 0 Å². The summed E-state index contributed by atoms with van der Waals surface area (Å²) in [6.07, 6.45) is 0.448. The molecule has 3 unspecified atom stereocenters. The Balaban J connectivity index is 2.76. The van der Waals surface area contributed by atoms with Crippen LogP contribution in [-0.4, -0.2) is 12.7 Å². The molecule has 1 rings (SSSR count). The highest BCUT2D eigenvalue weighted by Crippen LogP contribution is 2.42. The Bertz CT molecular complexity index is 166. The molecule has 0 amide bonds. The first-order valence-corrected chi connectivity index (χ1v) is 5.45. The molecule has 0 radical (unpaired) electrons. The SMILES string of the molecule is CC(C)C1C(C)OCC1C(C)(C)C. The van der Waals surface area contributed by atoms with Crippen LogP contribution in [0.1, 0.15) is 41.5 Å². The second-order valence-electron chi connectivity index (χ2n) is 5.83. The van der Waals surface area contributed by atoms with E-state index in [1.807, 2.05) is 0 Å². The van der Waals surface area contributed by atoms with E-state index >= 15 is 0 Å². The molecule has 1 nitrogen and oxygen atoms in total. The average molecular weight is 184 g/mol. The van der Waals surface area contributed by atoms with Gasteiger partial charge in [-0.25, -0.2) is 0 Å². The van der Waals surface area contributed by atoms with Gasteiger partial charge in [-0.15, -0.1) is 0 Å². The van der Waals surface area contributed by atoms with Gasteiger partial charge in [0.1, 0.15) is 0 Å². The zero-order chi connectivity index (χ0) is 10.2. The Labute approximate surface area is 82.9 Å². The van der Waals surface area contributed by atoms with Crippen LogP contribution in [0.2, 0.25) is 0 Å². The lowest BCUT2D eigenvalue weighted by Gasteiger charge is -2.34. The van der Waals surface area contributed by atoms with Crippen LogP contribution in [0, 0.1) is 23.2 Å². The molecule has 1 aliphatic heterocycles. The van der Waals surface area contributed by atoms with Crippen LogP contribution in [-0.2, 0) is 4.74 Å². The quantitative estimate of drug-likeness (QED) is 0.607. The molecule has 0 aliphatic carbocycles. The van der Waals surface area contributed by atoms with E-state index in [1.165, 1.54) is 0 Å². The molecule has 0 saturated carbocycles. The molecule has 1 saturated heterocycles. The van der Waals surface area contributed by atoms with Crippen molar-refractivity contribution in [2.45, 2.75) is 47.6 Å². The van der Waals surface area contributed by atoms with Crippen molar-refractivity contribution in [3.8, 4) is 0 Å². The van der Waals surface area contributed by atoms with Crippen molar-refractivity contribution in [1.29, 1.82) is 0 Å². The summed E-state index contributed by atoms with van der Waals surface area (Å²) in [7, 11) is 0. The molecule has 13 heavy (non-hydrogen) atoms. The lowest BCUT2D eigenvalue weighted by Crippen LogP contribution is -2.32. The minimum Gasteiger partial charge on any atom is -0.378 e. The van der Waals surface area contributed by atoms with Gasteiger partial charge >= 0.3 is 0 Å². The van der Waals surface area contributed by atoms with Crippen molar-refractivity contribution in [3.63, 3.8) is 0 Å². The van der Waals surface area contributed by atoms with Crippen molar-refractivity contribution >= 4 is 0 Å². The molecule has 0 aromatic carbocycles. The molecule has 1 aliphatic rings. The molecule has 1 fully saturated rings. The van der Waals surface area contributed by atoms with E-state index < -0.39 is 0 Å². The number of hydrogen-bond acceptors (Lipinski definition) is 1. The summed E-state index contributed by atoms with van der Waals surface area (Å²) in [5.74, 6) is 2.20. The van der Waals surface area contributed by atoms with Gasteiger partial charge in [0.2, 0.25) is 0 Å². The van der Waals surface area contributed by atoms with Gasteiger partial charge in [-0.3, -0.25) is 0 Å². The maximum atomic E-state index is 5.77. The van der Waals surface area contributed by atoms with E-state index in [1.54, 1.807) is 0 Å². The van der Waals surface area contributed by atoms with Crippen molar-refractivity contribution in [1.82, 2.24) is 0 Å². The molecule has 1 heterocycles. The van der Waals surface area contributed by atoms with E-state index in [9.17, 15) is 0 Å². The van der Waals surface area contributed by atoms with Gasteiger partial charge in [0, 0.05) is 0 Å². The lowest BCUT2D eigenvalue weighted by atomic mass is 9.69. The Morgan fingerprint density at radius 3 is 2.08 bits per heavy atom. The highest BCUT2D eigenvalue weighted by molar-refractivity contribution is 4.89. The molecule has 78 valence electrons. The van der Waals surface area contributed by atoms with Crippen LogP contribution in [0.25, 0.3) is 0 Å². The second-order valence-corrected chi connectivity index (χ2v) is 5.83. The Hall–Kier alpha value is -0.0400. The summed E-state index contributed by atoms with van der Waals surface area (Å²) < 4.78 is 5.77. The lowest BCUT2D eigenvalue weighted by molar-refractivity contribution is 0.0945. The van der Waals surface area contributed by atoms with Crippen LogP contribution >= 0.6 is 0 Å².